The topological polar surface area (TPSA) is 70.6 Å². The number of nitrogens with zero attached hydrogens (tertiary/aromatic N) is 1. The normalized spacial score (nSPS) is 11.0. The quantitative estimate of drug-likeness (QED) is 0.516. The number of hydrazone groups is 1. The molecule has 0 atom stereocenters. The highest BCUT2D eigenvalue weighted by molar-refractivity contribution is 6.40. The molecule has 0 spiro atoms. The van der Waals surface area contributed by atoms with Gasteiger partial charge >= 0.3 is 11.8 Å². The molecule has 2 N–H and O–H groups in total. The first kappa shape index (κ1) is 16.7. The zero-order valence-electron chi connectivity index (χ0n) is 12.8. The van der Waals surface area contributed by atoms with Gasteiger partial charge in [0.15, 0.2) is 0 Å². The van der Waals surface area contributed by atoms with Crippen LogP contribution >= 0.6 is 11.6 Å². The summed E-state index contributed by atoms with van der Waals surface area (Å²) in [5.74, 6) is -1.66. The van der Waals surface area contributed by atoms with Crippen molar-refractivity contribution in [2.24, 2.45) is 5.10 Å². The van der Waals surface area contributed by atoms with Gasteiger partial charge in [-0.3, -0.25) is 9.59 Å². The number of anilines is 1. The second kappa shape index (κ2) is 7.56. The number of hydrogen-bond acceptors (Lipinski definition) is 3. The standard InChI is InChI=1S/C17H16ClN3O2/c1-11-8-9-14(10-15(11)18)19-16(22)17(23)21-20-12(2)13-6-4-3-5-7-13/h3-10H,1-2H3,(H,19,22)(H,21,23). The summed E-state index contributed by atoms with van der Waals surface area (Å²) in [6.45, 7) is 3.59. The summed E-state index contributed by atoms with van der Waals surface area (Å²) in [5.41, 5.74) is 5.03. The fourth-order valence-corrected chi connectivity index (χ4v) is 1.97. The van der Waals surface area contributed by atoms with Crippen molar-refractivity contribution < 1.29 is 9.59 Å². The lowest BCUT2D eigenvalue weighted by Gasteiger charge is -2.06. The van der Waals surface area contributed by atoms with Gasteiger partial charge in [-0.25, -0.2) is 5.43 Å². The van der Waals surface area contributed by atoms with E-state index in [0.717, 1.165) is 11.1 Å². The highest BCUT2D eigenvalue weighted by Gasteiger charge is 2.13. The van der Waals surface area contributed by atoms with Crippen molar-refractivity contribution >= 4 is 34.8 Å². The largest absolute Gasteiger partial charge is 0.329 e. The predicted octanol–water partition coefficient (Wildman–Crippen LogP) is 3.13. The van der Waals surface area contributed by atoms with Crippen molar-refractivity contribution in [3.8, 4) is 0 Å². The summed E-state index contributed by atoms with van der Waals surface area (Å²) in [6.07, 6.45) is 0. The Hall–Kier alpha value is -2.66. The van der Waals surface area contributed by atoms with E-state index < -0.39 is 11.8 Å². The van der Waals surface area contributed by atoms with Crippen molar-refractivity contribution in [3.05, 3.63) is 64.7 Å². The maximum atomic E-state index is 11.8. The van der Waals surface area contributed by atoms with Crippen LogP contribution < -0.4 is 10.7 Å². The maximum absolute atomic E-state index is 11.8. The molecule has 0 aromatic heterocycles. The molecular weight excluding hydrogens is 314 g/mol. The van der Waals surface area contributed by atoms with E-state index in [1.165, 1.54) is 0 Å². The number of benzene rings is 2. The van der Waals surface area contributed by atoms with Crippen LogP contribution in [0.5, 0.6) is 0 Å². The number of rotatable bonds is 3. The lowest BCUT2D eigenvalue weighted by molar-refractivity contribution is -0.136. The van der Waals surface area contributed by atoms with Crippen LogP contribution in [-0.2, 0) is 9.59 Å². The van der Waals surface area contributed by atoms with Crippen molar-refractivity contribution in [2.75, 3.05) is 5.32 Å². The molecule has 2 amide bonds. The molecule has 2 aromatic carbocycles. The minimum absolute atomic E-state index is 0.449. The number of carbonyl (C=O) groups is 2. The van der Waals surface area contributed by atoms with Crippen LogP contribution in [0.15, 0.2) is 53.6 Å². The van der Waals surface area contributed by atoms with E-state index in [9.17, 15) is 9.59 Å². The maximum Gasteiger partial charge on any atom is 0.329 e. The number of amides is 2. The van der Waals surface area contributed by atoms with Gasteiger partial charge in [-0.1, -0.05) is 48.0 Å². The van der Waals surface area contributed by atoms with Crippen LogP contribution in [0.2, 0.25) is 5.02 Å². The van der Waals surface area contributed by atoms with Crippen LogP contribution in [0.4, 0.5) is 5.69 Å². The van der Waals surface area contributed by atoms with Crippen LogP contribution in [0, 0.1) is 6.92 Å². The molecule has 0 saturated heterocycles. The van der Waals surface area contributed by atoms with E-state index in [4.69, 9.17) is 11.6 Å². The van der Waals surface area contributed by atoms with Gasteiger partial charge in [0.05, 0.1) is 5.71 Å². The first-order chi connectivity index (χ1) is 11.0. The van der Waals surface area contributed by atoms with Gasteiger partial charge in [-0.15, -0.1) is 0 Å². The van der Waals surface area contributed by atoms with Gasteiger partial charge < -0.3 is 5.32 Å². The van der Waals surface area contributed by atoms with Gasteiger partial charge in [0.25, 0.3) is 0 Å². The predicted molar refractivity (Wildman–Crippen MR) is 91.6 cm³/mol. The number of halogens is 1. The first-order valence-corrected chi connectivity index (χ1v) is 7.32. The Morgan fingerprint density at radius 3 is 2.39 bits per heavy atom. The lowest BCUT2D eigenvalue weighted by atomic mass is 10.1. The third-order valence-electron chi connectivity index (χ3n) is 3.15. The van der Waals surface area contributed by atoms with E-state index in [1.54, 1.807) is 25.1 Å². The summed E-state index contributed by atoms with van der Waals surface area (Å²) in [6, 6.07) is 14.3. The van der Waals surface area contributed by atoms with Crippen molar-refractivity contribution in [1.82, 2.24) is 5.43 Å². The van der Waals surface area contributed by atoms with E-state index in [0.29, 0.717) is 16.4 Å². The minimum Gasteiger partial charge on any atom is -0.318 e. The highest BCUT2D eigenvalue weighted by atomic mass is 35.5. The molecule has 0 aliphatic rings. The summed E-state index contributed by atoms with van der Waals surface area (Å²) in [5, 5.41) is 6.90. The van der Waals surface area contributed by atoms with Crippen molar-refractivity contribution in [1.29, 1.82) is 0 Å². The molecule has 0 heterocycles. The van der Waals surface area contributed by atoms with E-state index >= 15 is 0 Å². The monoisotopic (exact) mass is 329 g/mol. The molecule has 0 bridgehead atoms. The van der Waals surface area contributed by atoms with Crippen LogP contribution in [-0.4, -0.2) is 17.5 Å². The van der Waals surface area contributed by atoms with Crippen LogP contribution in [0.25, 0.3) is 0 Å². The lowest BCUT2D eigenvalue weighted by Crippen LogP contribution is -2.32. The second-order valence-electron chi connectivity index (χ2n) is 4.92. The zero-order valence-corrected chi connectivity index (χ0v) is 13.5. The Kier molecular flexibility index (Phi) is 5.49. The Morgan fingerprint density at radius 1 is 1.04 bits per heavy atom. The van der Waals surface area contributed by atoms with Gasteiger partial charge in [0.2, 0.25) is 0 Å². The summed E-state index contributed by atoms with van der Waals surface area (Å²) < 4.78 is 0. The van der Waals surface area contributed by atoms with Crippen LogP contribution in [0.3, 0.4) is 0 Å². The molecule has 0 aliphatic heterocycles. The Balaban J connectivity index is 1.97. The van der Waals surface area contributed by atoms with Crippen molar-refractivity contribution in [3.63, 3.8) is 0 Å². The molecule has 5 nitrogen and oxygen atoms in total. The third kappa shape index (κ3) is 4.66. The minimum atomic E-state index is -0.850. The number of aryl methyl sites for hydroxylation is 1. The number of hydrogen-bond donors (Lipinski definition) is 2. The van der Waals surface area contributed by atoms with E-state index in [-0.39, 0.29) is 0 Å². The average Bonchev–Trinajstić information content (AvgIpc) is 2.56. The summed E-state index contributed by atoms with van der Waals surface area (Å²) in [7, 11) is 0. The summed E-state index contributed by atoms with van der Waals surface area (Å²) in [4.78, 5) is 23.6. The van der Waals surface area contributed by atoms with Gasteiger partial charge in [-0.05, 0) is 37.1 Å². The zero-order chi connectivity index (χ0) is 16.8. The molecule has 0 radical (unpaired) electrons. The molecular formula is C17H16ClN3O2. The van der Waals surface area contributed by atoms with E-state index in [2.05, 4.69) is 15.8 Å². The molecule has 118 valence electrons. The average molecular weight is 330 g/mol. The van der Waals surface area contributed by atoms with Gasteiger partial charge in [0, 0.05) is 10.7 Å². The van der Waals surface area contributed by atoms with Gasteiger partial charge in [-0.2, -0.15) is 5.10 Å². The smallest absolute Gasteiger partial charge is 0.318 e. The molecule has 0 aliphatic carbocycles. The van der Waals surface area contributed by atoms with Crippen molar-refractivity contribution in [2.45, 2.75) is 13.8 Å². The molecule has 6 heteroatoms. The first-order valence-electron chi connectivity index (χ1n) is 6.94. The fraction of sp³-hybridized carbons (Fsp3) is 0.118. The highest BCUT2D eigenvalue weighted by Crippen LogP contribution is 2.19. The molecule has 23 heavy (non-hydrogen) atoms. The Morgan fingerprint density at radius 2 is 1.74 bits per heavy atom. The molecule has 2 aromatic rings. The Labute approximate surface area is 139 Å². The number of nitrogens with one attached hydrogen (secondary N) is 2. The second-order valence-corrected chi connectivity index (χ2v) is 5.33. The van der Waals surface area contributed by atoms with Gasteiger partial charge in [0.1, 0.15) is 0 Å². The third-order valence-corrected chi connectivity index (χ3v) is 3.56. The molecule has 0 unspecified atom stereocenters. The number of carbonyl (C=O) groups excluding carboxylic acids is 2. The van der Waals surface area contributed by atoms with Crippen LogP contribution in [0.1, 0.15) is 18.1 Å². The van der Waals surface area contributed by atoms with E-state index in [1.807, 2.05) is 37.3 Å². The SMILES string of the molecule is CC(=NNC(=O)C(=O)Nc1ccc(C)c(Cl)c1)c1ccccc1. The molecule has 0 saturated carbocycles. The Bertz CT molecular complexity index is 758. The molecule has 0 fully saturated rings. The molecule has 2 rings (SSSR count). The summed E-state index contributed by atoms with van der Waals surface area (Å²) >= 11 is 5.97. The fourth-order valence-electron chi connectivity index (χ4n) is 1.79.